The summed E-state index contributed by atoms with van der Waals surface area (Å²) in [6.45, 7) is 5.96. The largest absolute Gasteiger partial charge is 0.492 e. The van der Waals surface area contributed by atoms with Gasteiger partial charge in [-0.15, -0.1) is 11.3 Å². The highest BCUT2D eigenvalue weighted by molar-refractivity contribution is 9.10. The van der Waals surface area contributed by atoms with E-state index in [1.54, 1.807) is 31.4 Å². The van der Waals surface area contributed by atoms with Crippen LogP contribution in [0, 0.1) is 0 Å². The second kappa shape index (κ2) is 12.8. The van der Waals surface area contributed by atoms with Gasteiger partial charge in [0, 0.05) is 30.0 Å². The predicted molar refractivity (Wildman–Crippen MR) is 154 cm³/mol. The van der Waals surface area contributed by atoms with Gasteiger partial charge in [0.15, 0.2) is 0 Å². The van der Waals surface area contributed by atoms with Crippen LogP contribution >= 0.6 is 27.3 Å². The van der Waals surface area contributed by atoms with Crippen LogP contribution in [0.15, 0.2) is 34.9 Å². The Morgan fingerprint density at radius 2 is 2.05 bits per heavy atom. The number of imide groups is 1. The van der Waals surface area contributed by atoms with Gasteiger partial charge in [-0.3, -0.25) is 10.1 Å². The molecule has 0 unspecified atom stereocenters. The van der Waals surface area contributed by atoms with Crippen molar-refractivity contribution in [1.82, 2.24) is 25.5 Å². The summed E-state index contributed by atoms with van der Waals surface area (Å²) in [7, 11) is 0. The molecule has 2 aliphatic rings. The highest BCUT2D eigenvalue weighted by Gasteiger charge is 2.45. The number of benzene rings is 1. The Kier molecular flexibility index (Phi) is 9.57. The molecule has 16 heteroatoms. The standard InChI is InChI=1S/C24H27BrN6O3S.C2HF3O2/c1-24(2)21(32)30-23(33)31(24)9-8-27-22-28-12-17(25)20(29-22)19-11-14-10-16(5-6-18(14)35-19)34-13-15-4-3-7-26-15;3-2(4,5)1(6)7/h5-6,10-12,15,26H,3-4,7-9,13H2,1-2H3,(H,27,28,29)(H,30,32,33);(H,6,7)/t15-;/m0./s1. The molecule has 3 aromatic rings. The zero-order chi connectivity index (χ0) is 30.7. The first-order chi connectivity index (χ1) is 19.8. The molecular formula is C26H28BrF3N6O5S. The van der Waals surface area contributed by atoms with Crippen LogP contribution in [-0.2, 0) is 9.59 Å². The Morgan fingerprint density at radius 1 is 1.31 bits per heavy atom. The highest BCUT2D eigenvalue weighted by atomic mass is 79.9. The first-order valence-corrected chi connectivity index (χ1v) is 14.5. The van der Waals surface area contributed by atoms with Crippen molar-refractivity contribution in [3.05, 3.63) is 34.9 Å². The molecule has 0 radical (unpaired) electrons. The third-order valence-electron chi connectivity index (χ3n) is 6.64. The number of carbonyl (C=O) groups is 3. The summed E-state index contributed by atoms with van der Waals surface area (Å²) in [5.41, 5.74) is -0.0895. The molecule has 3 amide bonds. The number of carboxylic acids is 1. The molecule has 2 fully saturated rings. The topological polar surface area (TPSA) is 146 Å². The fourth-order valence-corrected chi connectivity index (χ4v) is 5.89. The lowest BCUT2D eigenvalue weighted by Gasteiger charge is -2.27. The SMILES string of the molecule is CC1(C)C(=O)NC(=O)N1CCNc1ncc(Br)c(-c2cc3cc(OC[C@@H]4CCCN4)ccc3s2)n1.O=C(O)C(F)(F)F. The van der Waals surface area contributed by atoms with Crippen molar-refractivity contribution in [3.63, 3.8) is 0 Å². The van der Waals surface area contributed by atoms with Gasteiger partial charge in [0.05, 0.1) is 9.35 Å². The van der Waals surface area contributed by atoms with Gasteiger partial charge < -0.3 is 25.4 Å². The maximum Gasteiger partial charge on any atom is 0.490 e. The molecule has 42 heavy (non-hydrogen) atoms. The smallest absolute Gasteiger partial charge is 0.490 e. The molecular weight excluding hydrogens is 645 g/mol. The van der Waals surface area contributed by atoms with Crippen molar-refractivity contribution in [3.8, 4) is 16.3 Å². The van der Waals surface area contributed by atoms with Gasteiger partial charge in [0.2, 0.25) is 5.95 Å². The lowest BCUT2D eigenvalue weighted by molar-refractivity contribution is -0.192. The number of halogens is 4. The van der Waals surface area contributed by atoms with E-state index in [0.717, 1.165) is 43.8 Å². The Morgan fingerprint density at radius 3 is 2.67 bits per heavy atom. The maximum atomic E-state index is 12.1. The number of hydrogen-bond donors (Lipinski definition) is 4. The minimum atomic E-state index is -5.08. The summed E-state index contributed by atoms with van der Waals surface area (Å²) in [6.07, 6.45) is -1.00. The van der Waals surface area contributed by atoms with E-state index < -0.39 is 17.7 Å². The third-order valence-corrected chi connectivity index (χ3v) is 8.34. The highest BCUT2D eigenvalue weighted by Crippen LogP contribution is 2.37. The first-order valence-electron chi connectivity index (χ1n) is 12.9. The number of fused-ring (bicyclic) bond motifs is 1. The average molecular weight is 674 g/mol. The van der Waals surface area contributed by atoms with Crippen LogP contribution in [-0.4, -0.2) is 81.9 Å². The molecule has 11 nitrogen and oxygen atoms in total. The molecule has 0 spiro atoms. The number of carboxylic acid groups (broad SMARTS) is 1. The number of hydrogen-bond acceptors (Lipinski definition) is 9. The van der Waals surface area contributed by atoms with Crippen molar-refractivity contribution >= 4 is 61.2 Å². The monoisotopic (exact) mass is 672 g/mol. The summed E-state index contributed by atoms with van der Waals surface area (Å²) in [5, 5.41) is 17.2. The van der Waals surface area contributed by atoms with Gasteiger partial charge in [0.1, 0.15) is 23.6 Å². The Bertz CT molecular complexity index is 1480. The van der Waals surface area contributed by atoms with Crippen LogP contribution in [0.3, 0.4) is 0 Å². The van der Waals surface area contributed by atoms with Gasteiger partial charge in [-0.25, -0.2) is 19.6 Å². The van der Waals surface area contributed by atoms with Crippen molar-refractivity contribution in [2.45, 2.75) is 44.4 Å². The van der Waals surface area contributed by atoms with E-state index in [0.29, 0.717) is 31.7 Å². The summed E-state index contributed by atoms with van der Waals surface area (Å²) < 4.78 is 39.7. The zero-order valence-electron chi connectivity index (χ0n) is 22.5. The Hall–Kier alpha value is -3.50. The molecule has 5 rings (SSSR count). The Balaban J connectivity index is 0.000000517. The van der Waals surface area contributed by atoms with Crippen molar-refractivity contribution in [2.24, 2.45) is 0 Å². The van der Waals surface area contributed by atoms with Crippen LogP contribution in [0.1, 0.15) is 26.7 Å². The van der Waals surface area contributed by atoms with Gasteiger partial charge in [0.25, 0.3) is 5.91 Å². The number of thiophene rings is 1. The minimum absolute atomic E-state index is 0.293. The van der Waals surface area contributed by atoms with E-state index in [-0.39, 0.29) is 11.9 Å². The molecule has 0 saturated carbocycles. The molecule has 0 bridgehead atoms. The normalized spacial score (nSPS) is 18.0. The number of aliphatic carboxylic acids is 1. The van der Waals surface area contributed by atoms with E-state index in [4.69, 9.17) is 19.6 Å². The molecule has 4 heterocycles. The lowest BCUT2D eigenvalue weighted by atomic mass is 10.0. The number of alkyl halides is 3. The molecule has 0 aliphatic carbocycles. The van der Waals surface area contributed by atoms with Crippen molar-refractivity contribution < 1.29 is 37.4 Å². The number of ether oxygens (including phenoxy) is 1. The van der Waals surface area contributed by atoms with Crippen LogP contribution in [0.2, 0.25) is 0 Å². The molecule has 1 atom stereocenters. The van der Waals surface area contributed by atoms with Crippen molar-refractivity contribution in [1.29, 1.82) is 0 Å². The predicted octanol–water partition coefficient (Wildman–Crippen LogP) is 4.63. The molecule has 1 aromatic carbocycles. The quantitative estimate of drug-likeness (QED) is 0.252. The van der Waals surface area contributed by atoms with Gasteiger partial charge in [-0.2, -0.15) is 13.2 Å². The molecule has 226 valence electrons. The fourth-order valence-electron chi connectivity index (χ4n) is 4.30. The number of anilines is 1. The lowest BCUT2D eigenvalue weighted by Crippen LogP contribution is -2.46. The van der Waals surface area contributed by atoms with E-state index in [1.165, 1.54) is 11.3 Å². The van der Waals surface area contributed by atoms with Gasteiger partial charge >= 0.3 is 18.2 Å². The number of aromatic nitrogens is 2. The van der Waals surface area contributed by atoms with Crippen LogP contribution in [0.25, 0.3) is 20.7 Å². The van der Waals surface area contributed by atoms with E-state index in [2.05, 4.69) is 55.1 Å². The third kappa shape index (κ3) is 7.46. The van der Waals surface area contributed by atoms with Gasteiger partial charge in [-0.1, -0.05) is 0 Å². The summed E-state index contributed by atoms with van der Waals surface area (Å²) in [6, 6.07) is 8.33. The molecule has 4 N–H and O–H groups in total. The maximum absolute atomic E-state index is 12.1. The summed E-state index contributed by atoms with van der Waals surface area (Å²) in [5.74, 6) is -1.73. The Labute approximate surface area is 251 Å². The molecule has 2 aromatic heterocycles. The summed E-state index contributed by atoms with van der Waals surface area (Å²) in [4.78, 5) is 44.5. The number of nitrogens with zero attached hydrogens (tertiary/aromatic N) is 3. The number of nitrogens with one attached hydrogen (secondary N) is 3. The van der Waals surface area contributed by atoms with E-state index in [9.17, 15) is 22.8 Å². The summed E-state index contributed by atoms with van der Waals surface area (Å²) >= 11 is 5.23. The minimum Gasteiger partial charge on any atom is -0.492 e. The number of urea groups is 1. The van der Waals surface area contributed by atoms with Crippen molar-refractivity contribution in [2.75, 3.05) is 31.6 Å². The number of amides is 3. The fraction of sp³-hybridized carbons (Fsp3) is 0.423. The molecule has 2 saturated heterocycles. The van der Waals surface area contributed by atoms with Crippen LogP contribution < -0.4 is 20.7 Å². The zero-order valence-corrected chi connectivity index (χ0v) is 25.0. The number of rotatable bonds is 8. The van der Waals surface area contributed by atoms with Crippen LogP contribution in [0.5, 0.6) is 5.75 Å². The van der Waals surface area contributed by atoms with E-state index >= 15 is 0 Å². The molecule has 2 aliphatic heterocycles. The second-order valence-corrected chi connectivity index (χ2v) is 11.9. The average Bonchev–Trinajstić information content (AvgIpc) is 3.63. The first kappa shape index (κ1) is 31.4. The van der Waals surface area contributed by atoms with Gasteiger partial charge in [-0.05, 0) is 78.8 Å². The van der Waals surface area contributed by atoms with Crippen LogP contribution in [0.4, 0.5) is 23.9 Å². The van der Waals surface area contributed by atoms with E-state index in [1.807, 2.05) is 6.07 Å². The number of carbonyl (C=O) groups excluding carboxylic acids is 2. The second-order valence-electron chi connectivity index (χ2n) is 10.0.